The van der Waals surface area contributed by atoms with Crippen LogP contribution in [0.4, 0.5) is 11.4 Å². The third kappa shape index (κ3) is 5.79. The zero-order chi connectivity index (χ0) is 24.1. The molecule has 2 aromatic heterocycles. The first kappa shape index (κ1) is 24.9. The normalized spacial score (nSPS) is 11.2. The van der Waals surface area contributed by atoms with E-state index in [1.54, 1.807) is 17.6 Å². The molecule has 3 aromatic rings. The van der Waals surface area contributed by atoms with Gasteiger partial charge in [0.15, 0.2) is 5.16 Å². The van der Waals surface area contributed by atoms with Gasteiger partial charge in [-0.15, -0.1) is 11.3 Å². The lowest BCUT2D eigenvalue weighted by atomic mass is 10.2. The van der Waals surface area contributed by atoms with Gasteiger partial charge in [-0.1, -0.05) is 17.8 Å². The molecule has 3 rings (SSSR count). The number of thioether (sulfide) groups is 1. The van der Waals surface area contributed by atoms with Gasteiger partial charge in [0, 0.05) is 30.7 Å². The van der Waals surface area contributed by atoms with Crippen molar-refractivity contribution in [2.24, 2.45) is 0 Å². The SMILES string of the molecule is CCOCCCn1c(SCC(=O)Nc2ccc(C)cc2[N+](=O)[O-])nc2sc(C)c(C)c2c1=O. The second-order valence-electron chi connectivity index (χ2n) is 7.48. The lowest BCUT2D eigenvalue weighted by Crippen LogP contribution is -2.25. The predicted molar refractivity (Wildman–Crippen MR) is 132 cm³/mol. The van der Waals surface area contributed by atoms with Crippen molar-refractivity contribution >= 4 is 50.6 Å². The number of nitro groups is 1. The summed E-state index contributed by atoms with van der Waals surface area (Å²) in [4.78, 5) is 42.9. The first-order chi connectivity index (χ1) is 15.7. The van der Waals surface area contributed by atoms with Crippen molar-refractivity contribution in [1.29, 1.82) is 0 Å². The molecule has 0 saturated carbocycles. The van der Waals surface area contributed by atoms with Gasteiger partial charge in [-0.3, -0.25) is 24.3 Å². The summed E-state index contributed by atoms with van der Waals surface area (Å²) in [6.07, 6.45) is 0.637. The van der Waals surface area contributed by atoms with E-state index >= 15 is 0 Å². The van der Waals surface area contributed by atoms with Crippen molar-refractivity contribution in [3.8, 4) is 0 Å². The Bertz CT molecular complexity index is 1250. The number of nitro benzene ring substituents is 1. The van der Waals surface area contributed by atoms with Crippen LogP contribution in [0.5, 0.6) is 0 Å². The highest BCUT2D eigenvalue weighted by Gasteiger charge is 2.19. The highest BCUT2D eigenvalue weighted by Crippen LogP contribution is 2.29. The Morgan fingerprint density at radius 2 is 2.09 bits per heavy atom. The van der Waals surface area contributed by atoms with Gasteiger partial charge in [-0.05, 0) is 51.3 Å². The summed E-state index contributed by atoms with van der Waals surface area (Å²) in [7, 11) is 0. The summed E-state index contributed by atoms with van der Waals surface area (Å²) >= 11 is 2.59. The number of hydrogen-bond donors (Lipinski definition) is 1. The Morgan fingerprint density at radius 1 is 1.33 bits per heavy atom. The number of anilines is 1. The van der Waals surface area contributed by atoms with E-state index in [2.05, 4.69) is 10.3 Å². The van der Waals surface area contributed by atoms with Gasteiger partial charge < -0.3 is 10.1 Å². The van der Waals surface area contributed by atoms with Crippen LogP contribution in [0, 0.1) is 30.9 Å². The zero-order valence-corrected chi connectivity index (χ0v) is 20.6. The summed E-state index contributed by atoms with van der Waals surface area (Å²) < 4.78 is 6.98. The van der Waals surface area contributed by atoms with Crippen molar-refractivity contribution in [3.05, 3.63) is 54.7 Å². The highest BCUT2D eigenvalue weighted by molar-refractivity contribution is 7.99. The van der Waals surface area contributed by atoms with Crippen LogP contribution in [0.1, 0.15) is 29.3 Å². The van der Waals surface area contributed by atoms with E-state index < -0.39 is 10.8 Å². The average Bonchev–Trinajstić information content (AvgIpc) is 3.05. The van der Waals surface area contributed by atoms with Crippen LogP contribution in [0.25, 0.3) is 10.2 Å². The maximum Gasteiger partial charge on any atom is 0.293 e. The smallest absolute Gasteiger partial charge is 0.293 e. The van der Waals surface area contributed by atoms with Gasteiger partial charge in [0.1, 0.15) is 10.5 Å². The third-order valence-corrected chi connectivity index (χ3v) is 7.16. The molecule has 2 heterocycles. The molecule has 1 amide bonds. The number of aryl methyl sites for hydroxylation is 3. The van der Waals surface area contributed by atoms with Crippen LogP contribution in [0.2, 0.25) is 0 Å². The number of aromatic nitrogens is 2. The molecule has 0 fully saturated rings. The maximum absolute atomic E-state index is 13.2. The van der Waals surface area contributed by atoms with Gasteiger partial charge in [0.05, 0.1) is 16.1 Å². The van der Waals surface area contributed by atoms with Gasteiger partial charge >= 0.3 is 0 Å². The van der Waals surface area contributed by atoms with Crippen molar-refractivity contribution < 1.29 is 14.5 Å². The number of benzene rings is 1. The van der Waals surface area contributed by atoms with Gasteiger partial charge in [0.25, 0.3) is 11.2 Å². The van der Waals surface area contributed by atoms with E-state index in [9.17, 15) is 19.7 Å². The number of amides is 1. The first-order valence-corrected chi connectivity index (χ1v) is 12.3. The van der Waals surface area contributed by atoms with E-state index in [0.29, 0.717) is 41.6 Å². The molecule has 176 valence electrons. The Kier molecular flexibility index (Phi) is 8.22. The number of nitrogens with zero attached hydrogens (tertiary/aromatic N) is 3. The number of nitrogens with one attached hydrogen (secondary N) is 1. The Balaban J connectivity index is 1.83. The molecule has 0 bridgehead atoms. The Hall–Kier alpha value is -2.76. The van der Waals surface area contributed by atoms with E-state index in [1.807, 2.05) is 20.8 Å². The number of ether oxygens (including phenoxy) is 1. The van der Waals surface area contributed by atoms with Crippen LogP contribution >= 0.6 is 23.1 Å². The van der Waals surface area contributed by atoms with E-state index in [-0.39, 0.29) is 22.7 Å². The molecule has 0 spiro atoms. The summed E-state index contributed by atoms with van der Waals surface area (Å²) in [5.74, 6) is -0.460. The summed E-state index contributed by atoms with van der Waals surface area (Å²) in [6, 6.07) is 4.62. The molecule has 1 aromatic carbocycles. The third-order valence-electron chi connectivity index (χ3n) is 5.08. The molecule has 0 aliphatic heterocycles. The number of hydrogen-bond acceptors (Lipinski definition) is 8. The van der Waals surface area contributed by atoms with Crippen LogP contribution in [-0.4, -0.2) is 39.3 Å². The summed E-state index contributed by atoms with van der Waals surface area (Å²) in [5.41, 5.74) is 1.50. The fourth-order valence-corrected chi connectivity index (χ4v) is 5.20. The molecule has 11 heteroatoms. The largest absolute Gasteiger partial charge is 0.382 e. The molecule has 0 unspecified atom stereocenters. The standard InChI is InChI=1S/C22H26N4O5S2/c1-5-31-10-6-9-25-21(28)19-14(3)15(4)33-20(19)24-22(25)32-12-18(27)23-16-8-7-13(2)11-17(16)26(29)30/h7-8,11H,5-6,9-10,12H2,1-4H3,(H,23,27). The topological polar surface area (TPSA) is 116 Å². The average molecular weight is 491 g/mol. The lowest BCUT2D eigenvalue weighted by Gasteiger charge is -2.12. The molecule has 0 saturated heterocycles. The van der Waals surface area contributed by atoms with E-state index in [0.717, 1.165) is 27.8 Å². The minimum absolute atomic E-state index is 0.0439. The fourth-order valence-electron chi connectivity index (χ4n) is 3.30. The minimum Gasteiger partial charge on any atom is -0.382 e. The van der Waals surface area contributed by atoms with Gasteiger partial charge in [-0.2, -0.15) is 0 Å². The zero-order valence-electron chi connectivity index (χ0n) is 19.0. The molecule has 0 aliphatic carbocycles. The van der Waals surface area contributed by atoms with Crippen molar-refractivity contribution in [3.63, 3.8) is 0 Å². The van der Waals surface area contributed by atoms with Crippen molar-refractivity contribution in [2.75, 3.05) is 24.3 Å². The first-order valence-electron chi connectivity index (χ1n) is 10.5. The van der Waals surface area contributed by atoms with Gasteiger partial charge in [-0.25, -0.2) is 4.98 Å². The van der Waals surface area contributed by atoms with Crippen LogP contribution in [0.15, 0.2) is 28.2 Å². The molecule has 9 nitrogen and oxygen atoms in total. The molecule has 33 heavy (non-hydrogen) atoms. The van der Waals surface area contributed by atoms with Crippen molar-refractivity contribution in [1.82, 2.24) is 9.55 Å². The minimum atomic E-state index is -0.525. The number of carbonyl (C=O) groups excluding carboxylic acids is 1. The molecular formula is C22H26N4O5S2. The Morgan fingerprint density at radius 3 is 2.79 bits per heavy atom. The monoisotopic (exact) mass is 490 g/mol. The van der Waals surface area contributed by atoms with E-state index in [1.165, 1.54) is 23.5 Å². The van der Waals surface area contributed by atoms with Crippen LogP contribution < -0.4 is 10.9 Å². The van der Waals surface area contributed by atoms with Gasteiger partial charge in [0.2, 0.25) is 5.91 Å². The van der Waals surface area contributed by atoms with Crippen molar-refractivity contribution in [2.45, 2.75) is 45.8 Å². The Labute approximate surface area is 199 Å². The molecule has 0 atom stereocenters. The number of thiophene rings is 1. The van der Waals surface area contributed by atoms with Crippen LogP contribution in [0.3, 0.4) is 0 Å². The molecule has 1 N–H and O–H groups in total. The predicted octanol–water partition coefficient (Wildman–Crippen LogP) is 4.45. The molecular weight excluding hydrogens is 464 g/mol. The fraction of sp³-hybridized carbons (Fsp3) is 0.409. The molecule has 0 radical (unpaired) electrons. The van der Waals surface area contributed by atoms with Crippen LogP contribution in [-0.2, 0) is 16.1 Å². The number of rotatable bonds is 10. The number of fused-ring (bicyclic) bond motifs is 1. The summed E-state index contributed by atoms with van der Waals surface area (Å²) in [5, 5.41) is 15.0. The summed E-state index contributed by atoms with van der Waals surface area (Å²) in [6.45, 7) is 9.06. The second-order valence-corrected chi connectivity index (χ2v) is 9.63. The number of carbonyl (C=O) groups is 1. The second kappa shape index (κ2) is 10.9. The molecule has 0 aliphatic rings. The van der Waals surface area contributed by atoms with E-state index in [4.69, 9.17) is 4.74 Å². The quantitative estimate of drug-likeness (QED) is 0.147. The lowest BCUT2D eigenvalue weighted by molar-refractivity contribution is -0.384. The highest BCUT2D eigenvalue weighted by atomic mass is 32.2. The maximum atomic E-state index is 13.2.